The van der Waals surface area contributed by atoms with Crippen molar-refractivity contribution in [1.82, 2.24) is 4.90 Å². The molecule has 0 spiro atoms. The topological polar surface area (TPSA) is 20.3 Å². The number of carbonyl (C=O) groups excluding carboxylic acids is 1. The van der Waals surface area contributed by atoms with E-state index in [-0.39, 0.29) is 11.2 Å². The Morgan fingerprint density at radius 1 is 1.14 bits per heavy atom. The first-order valence-electron chi connectivity index (χ1n) is 5.31. The van der Waals surface area contributed by atoms with Crippen LogP contribution in [-0.2, 0) is 4.79 Å². The quantitative estimate of drug-likeness (QED) is 0.549. The van der Waals surface area contributed by atoms with Crippen molar-refractivity contribution in [2.75, 3.05) is 13.1 Å². The van der Waals surface area contributed by atoms with Crippen LogP contribution in [-0.4, -0.2) is 23.8 Å². The molecule has 1 rings (SSSR count). The maximum Gasteiger partial charge on any atom is 0.212 e. The fraction of sp³-hybridized carbons (Fsp3) is 0.750. The first kappa shape index (κ1) is 11.1. The second kappa shape index (κ2) is 4.50. The highest BCUT2D eigenvalue weighted by molar-refractivity contribution is 5.99. The maximum absolute atomic E-state index is 11.5. The van der Waals surface area contributed by atoms with E-state index in [9.17, 15) is 4.79 Å². The Kier molecular flexibility index (Phi) is 3.57. The van der Waals surface area contributed by atoms with E-state index in [1.54, 1.807) is 0 Å². The van der Waals surface area contributed by atoms with Gasteiger partial charge in [-0.1, -0.05) is 20.8 Å². The molecule has 0 N–H and O–H groups in total. The average molecular weight is 193 g/mol. The van der Waals surface area contributed by atoms with Crippen LogP contribution in [0, 0.1) is 17.4 Å². The van der Waals surface area contributed by atoms with Crippen LogP contribution in [0.5, 0.6) is 0 Å². The van der Waals surface area contributed by atoms with Crippen LogP contribution in [0.15, 0.2) is 0 Å². The van der Waals surface area contributed by atoms with E-state index in [1.165, 1.54) is 19.3 Å². The summed E-state index contributed by atoms with van der Waals surface area (Å²) in [5.41, 5.74) is -0.331. The molecular weight excluding hydrogens is 174 g/mol. The van der Waals surface area contributed by atoms with E-state index in [4.69, 9.17) is 0 Å². The van der Waals surface area contributed by atoms with E-state index < -0.39 is 0 Å². The minimum absolute atomic E-state index is 0.0306. The Morgan fingerprint density at radius 3 is 2.21 bits per heavy atom. The highest BCUT2D eigenvalue weighted by atomic mass is 16.1. The zero-order valence-corrected chi connectivity index (χ0v) is 9.39. The van der Waals surface area contributed by atoms with Crippen LogP contribution < -0.4 is 0 Å². The van der Waals surface area contributed by atoms with Crippen molar-refractivity contribution in [3.05, 3.63) is 0 Å². The molecule has 1 saturated heterocycles. The summed E-state index contributed by atoms with van der Waals surface area (Å²) in [6.45, 7) is 7.75. The van der Waals surface area contributed by atoms with Gasteiger partial charge >= 0.3 is 0 Å². The monoisotopic (exact) mass is 193 g/mol. The number of hydrogen-bond acceptors (Lipinski definition) is 2. The molecule has 2 heteroatoms. The highest BCUT2D eigenvalue weighted by Gasteiger charge is 2.19. The number of piperidine rings is 1. The van der Waals surface area contributed by atoms with Gasteiger partial charge in [-0.05, 0) is 25.2 Å². The predicted octanol–water partition coefficient (Wildman–Crippen LogP) is 2.05. The highest BCUT2D eigenvalue weighted by Crippen LogP contribution is 2.13. The lowest BCUT2D eigenvalue weighted by atomic mass is 9.91. The zero-order chi connectivity index (χ0) is 10.6. The van der Waals surface area contributed by atoms with Gasteiger partial charge in [0.05, 0.1) is 0 Å². The van der Waals surface area contributed by atoms with Gasteiger partial charge < -0.3 is 4.90 Å². The summed E-state index contributed by atoms with van der Waals surface area (Å²) >= 11 is 0. The summed E-state index contributed by atoms with van der Waals surface area (Å²) in [6.07, 6.45) is 3.71. The summed E-state index contributed by atoms with van der Waals surface area (Å²) in [5, 5.41) is 0. The summed E-state index contributed by atoms with van der Waals surface area (Å²) < 4.78 is 0. The van der Waals surface area contributed by atoms with Crippen LogP contribution in [0.25, 0.3) is 0 Å². The molecule has 0 aromatic rings. The number of carbonyl (C=O) groups is 1. The third-order valence-corrected chi connectivity index (χ3v) is 2.36. The molecule has 0 aromatic carbocycles. The molecule has 0 aromatic heterocycles. The first-order valence-corrected chi connectivity index (χ1v) is 5.31. The number of hydrogen-bond donors (Lipinski definition) is 0. The molecule has 0 saturated carbocycles. The third kappa shape index (κ3) is 3.41. The third-order valence-electron chi connectivity index (χ3n) is 2.36. The predicted molar refractivity (Wildman–Crippen MR) is 57.7 cm³/mol. The van der Waals surface area contributed by atoms with Crippen LogP contribution in [0.2, 0.25) is 0 Å². The van der Waals surface area contributed by atoms with Gasteiger partial charge in [-0.2, -0.15) is 0 Å². The van der Waals surface area contributed by atoms with Gasteiger partial charge in [-0.25, -0.2) is 0 Å². The van der Waals surface area contributed by atoms with E-state index in [1.807, 2.05) is 20.8 Å². The Labute approximate surface area is 86.7 Å². The van der Waals surface area contributed by atoms with Crippen molar-refractivity contribution in [2.24, 2.45) is 5.41 Å². The van der Waals surface area contributed by atoms with Crippen molar-refractivity contribution in [3.8, 4) is 12.0 Å². The summed E-state index contributed by atoms with van der Waals surface area (Å²) in [4.78, 5) is 13.6. The van der Waals surface area contributed by atoms with Crippen molar-refractivity contribution >= 4 is 5.78 Å². The smallest absolute Gasteiger partial charge is 0.212 e. The van der Waals surface area contributed by atoms with Crippen LogP contribution in [0.1, 0.15) is 40.0 Å². The molecule has 0 unspecified atom stereocenters. The summed E-state index contributed by atoms with van der Waals surface area (Å²) in [6, 6.07) is 2.96. The molecule has 0 bridgehead atoms. The van der Waals surface area contributed by atoms with Crippen LogP contribution in [0.3, 0.4) is 0 Å². The van der Waals surface area contributed by atoms with Crippen LogP contribution >= 0.6 is 0 Å². The maximum atomic E-state index is 11.5. The number of likely N-dealkylation sites (tertiary alicyclic amines) is 1. The molecule has 14 heavy (non-hydrogen) atoms. The minimum Gasteiger partial charge on any atom is -0.332 e. The molecule has 0 amide bonds. The second-order valence-electron chi connectivity index (χ2n) is 4.86. The molecule has 0 aliphatic carbocycles. The number of Topliss-reactive ketones (excluding diaryl/α,β-unsaturated/α-hetero) is 1. The van der Waals surface area contributed by atoms with Gasteiger partial charge in [0.2, 0.25) is 5.78 Å². The van der Waals surface area contributed by atoms with Crippen molar-refractivity contribution < 1.29 is 4.79 Å². The normalized spacial score (nSPS) is 17.2. The lowest BCUT2D eigenvalue weighted by Gasteiger charge is -2.22. The van der Waals surface area contributed by atoms with Gasteiger partial charge in [0.15, 0.2) is 0 Å². The molecule has 1 aliphatic heterocycles. The van der Waals surface area contributed by atoms with Crippen molar-refractivity contribution in [1.29, 1.82) is 0 Å². The lowest BCUT2D eigenvalue weighted by Crippen LogP contribution is -2.26. The molecule has 1 heterocycles. The summed E-state index contributed by atoms with van der Waals surface area (Å²) in [7, 11) is 0. The largest absolute Gasteiger partial charge is 0.332 e. The van der Waals surface area contributed by atoms with E-state index >= 15 is 0 Å². The number of ketones is 1. The molecular formula is C12H19NO. The van der Waals surface area contributed by atoms with E-state index in [2.05, 4.69) is 16.9 Å². The number of rotatable bonds is 0. The fourth-order valence-electron chi connectivity index (χ4n) is 1.32. The van der Waals surface area contributed by atoms with Crippen molar-refractivity contribution in [2.45, 2.75) is 40.0 Å². The Balaban J connectivity index is 2.49. The van der Waals surface area contributed by atoms with Gasteiger partial charge in [0, 0.05) is 24.5 Å². The fourth-order valence-corrected chi connectivity index (χ4v) is 1.32. The lowest BCUT2D eigenvalue weighted by molar-refractivity contribution is -0.120. The molecule has 0 radical (unpaired) electrons. The molecule has 1 fully saturated rings. The Hall–Kier alpha value is -0.970. The molecule has 78 valence electrons. The van der Waals surface area contributed by atoms with Gasteiger partial charge in [-0.15, -0.1) is 0 Å². The Bertz CT molecular complexity index is 258. The standard InChI is InChI=1S/C12H19NO/c1-12(2,3)11(14)7-10-13-8-5-4-6-9-13/h4-6,8-9H2,1-3H3. The van der Waals surface area contributed by atoms with E-state index in [0.717, 1.165) is 13.1 Å². The Morgan fingerprint density at radius 2 is 1.71 bits per heavy atom. The van der Waals surface area contributed by atoms with Gasteiger partial charge in [0.1, 0.15) is 0 Å². The first-order chi connectivity index (χ1) is 6.50. The number of nitrogens with zero attached hydrogens (tertiary/aromatic N) is 1. The van der Waals surface area contributed by atoms with Crippen LogP contribution in [0.4, 0.5) is 0 Å². The molecule has 1 aliphatic rings. The van der Waals surface area contributed by atoms with E-state index in [0.29, 0.717) is 0 Å². The van der Waals surface area contributed by atoms with Gasteiger partial charge in [-0.3, -0.25) is 4.79 Å². The zero-order valence-electron chi connectivity index (χ0n) is 9.39. The van der Waals surface area contributed by atoms with Gasteiger partial charge in [0.25, 0.3) is 0 Å². The second-order valence-corrected chi connectivity index (χ2v) is 4.86. The SMILES string of the molecule is CC(C)(C)C(=O)C#CN1CCCCC1. The molecule has 2 nitrogen and oxygen atoms in total. The molecule has 0 atom stereocenters. The average Bonchev–Trinajstić information content (AvgIpc) is 2.14. The van der Waals surface area contributed by atoms with Crippen molar-refractivity contribution in [3.63, 3.8) is 0 Å². The minimum atomic E-state index is -0.331. The summed E-state index contributed by atoms with van der Waals surface area (Å²) in [5.74, 6) is 2.76.